The van der Waals surface area contributed by atoms with Crippen LogP contribution in [-0.2, 0) is 13.7 Å². The number of aromatic nitrogens is 4. The van der Waals surface area contributed by atoms with Gasteiger partial charge in [0.25, 0.3) is 0 Å². The second-order valence-corrected chi connectivity index (χ2v) is 6.79. The van der Waals surface area contributed by atoms with Crippen LogP contribution in [0.1, 0.15) is 11.4 Å². The van der Waals surface area contributed by atoms with Crippen molar-refractivity contribution >= 4 is 22.4 Å². The third-order valence-corrected chi connectivity index (χ3v) is 4.86. The highest BCUT2D eigenvalue weighted by atomic mass is 16.5. The highest BCUT2D eigenvalue weighted by Crippen LogP contribution is 2.34. The van der Waals surface area contributed by atoms with E-state index in [9.17, 15) is 0 Å². The molecular formula is C22H23N5O3. The third kappa shape index (κ3) is 3.84. The Morgan fingerprint density at radius 1 is 0.967 bits per heavy atom. The SMILES string of the molecule is COc1cc2ncnc(Nc3ccc(OCc4nccn4C)c(C)c3)c2cc1OC. The van der Waals surface area contributed by atoms with Crippen molar-refractivity contribution in [3.05, 3.63) is 60.4 Å². The number of nitrogens with zero attached hydrogens (tertiary/aromatic N) is 4. The van der Waals surface area contributed by atoms with Gasteiger partial charge in [-0.1, -0.05) is 0 Å². The Morgan fingerprint density at radius 3 is 2.47 bits per heavy atom. The van der Waals surface area contributed by atoms with Crippen molar-refractivity contribution in [2.24, 2.45) is 7.05 Å². The normalized spacial score (nSPS) is 10.8. The van der Waals surface area contributed by atoms with E-state index in [1.165, 1.54) is 6.33 Å². The number of nitrogens with one attached hydrogen (secondary N) is 1. The molecule has 0 spiro atoms. The van der Waals surface area contributed by atoms with E-state index in [0.717, 1.165) is 33.7 Å². The van der Waals surface area contributed by atoms with E-state index in [0.29, 0.717) is 23.9 Å². The smallest absolute Gasteiger partial charge is 0.162 e. The fourth-order valence-corrected chi connectivity index (χ4v) is 3.19. The molecule has 0 fully saturated rings. The fourth-order valence-electron chi connectivity index (χ4n) is 3.19. The number of benzene rings is 2. The lowest BCUT2D eigenvalue weighted by atomic mass is 10.1. The summed E-state index contributed by atoms with van der Waals surface area (Å²) >= 11 is 0. The zero-order valence-electron chi connectivity index (χ0n) is 17.3. The summed E-state index contributed by atoms with van der Waals surface area (Å²) in [6.45, 7) is 2.42. The number of imidazole rings is 1. The molecule has 154 valence electrons. The largest absolute Gasteiger partial charge is 0.493 e. The predicted molar refractivity (Wildman–Crippen MR) is 115 cm³/mol. The Hall–Kier alpha value is -3.81. The first kappa shape index (κ1) is 19.5. The number of rotatable bonds is 7. The summed E-state index contributed by atoms with van der Waals surface area (Å²) in [5.41, 5.74) is 2.66. The van der Waals surface area contributed by atoms with Crippen LogP contribution < -0.4 is 19.5 Å². The monoisotopic (exact) mass is 405 g/mol. The first-order valence-electron chi connectivity index (χ1n) is 9.42. The van der Waals surface area contributed by atoms with Gasteiger partial charge < -0.3 is 24.1 Å². The molecule has 4 rings (SSSR count). The second kappa shape index (κ2) is 8.28. The molecule has 4 aromatic rings. The molecule has 2 heterocycles. The maximum Gasteiger partial charge on any atom is 0.162 e. The van der Waals surface area contributed by atoms with Gasteiger partial charge in [0.1, 0.15) is 30.3 Å². The van der Waals surface area contributed by atoms with Gasteiger partial charge >= 0.3 is 0 Å². The minimum absolute atomic E-state index is 0.412. The summed E-state index contributed by atoms with van der Waals surface area (Å²) in [7, 11) is 5.15. The molecular weight excluding hydrogens is 382 g/mol. The van der Waals surface area contributed by atoms with Crippen LogP contribution in [0.4, 0.5) is 11.5 Å². The number of aryl methyl sites for hydroxylation is 2. The maximum atomic E-state index is 5.93. The van der Waals surface area contributed by atoms with Gasteiger partial charge in [0.2, 0.25) is 0 Å². The molecule has 0 aliphatic heterocycles. The van der Waals surface area contributed by atoms with E-state index in [2.05, 4.69) is 20.3 Å². The second-order valence-electron chi connectivity index (χ2n) is 6.79. The quantitative estimate of drug-likeness (QED) is 0.497. The van der Waals surface area contributed by atoms with Crippen LogP contribution in [0, 0.1) is 6.92 Å². The molecule has 8 heteroatoms. The zero-order chi connectivity index (χ0) is 21.1. The number of hydrogen-bond donors (Lipinski definition) is 1. The summed E-state index contributed by atoms with van der Waals surface area (Å²) < 4.78 is 18.6. The van der Waals surface area contributed by atoms with Crippen molar-refractivity contribution in [2.75, 3.05) is 19.5 Å². The van der Waals surface area contributed by atoms with Crippen molar-refractivity contribution in [3.8, 4) is 17.2 Å². The Balaban J connectivity index is 1.57. The van der Waals surface area contributed by atoms with Crippen LogP contribution in [0.2, 0.25) is 0 Å². The molecule has 0 aliphatic carbocycles. The zero-order valence-corrected chi connectivity index (χ0v) is 17.3. The summed E-state index contributed by atoms with van der Waals surface area (Å²) in [5, 5.41) is 4.20. The maximum absolute atomic E-state index is 5.93. The first-order chi connectivity index (χ1) is 14.6. The van der Waals surface area contributed by atoms with Crippen molar-refractivity contribution in [1.29, 1.82) is 0 Å². The van der Waals surface area contributed by atoms with E-state index in [1.807, 2.05) is 55.1 Å². The third-order valence-electron chi connectivity index (χ3n) is 4.86. The number of fused-ring (bicyclic) bond motifs is 1. The van der Waals surface area contributed by atoms with Gasteiger partial charge in [0.15, 0.2) is 11.5 Å². The highest BCUT2D eigenvalue weighted by Gasteiger charge is 2.12. The number of anilines is 2. The molecule has 0 bridgehead atoms. The van der Waals surface area contributed by atoms with Crippen LogP contribution in [0.15, 0.2) is 49.1 Å². The van der Waals surface area contributed by atoms with Crippen LogP contribution in [0.25, 0.3) is 10.9 Å². The van der Waals surface area contributed by atoms with Crippen molar-refractivity contribution < 1.29 is 14.2 Å². The van der Waals surface area contributed by atoms with E-state index in [1.54, 1.807) is 20.4 Å². The summed E-state index contributed by atoms with van der Waals surface area (Å²) in [6.07, 6.45) is 5.18. The number of ether oxygens (including phenoxy) is 3. The molecule has 2 aromatic carbocycles. The van der Waals surface area contributed by atoms with E-state index in [4.69, 9.17) is 14.2 Å². The molecule has 0 radical (unpaired) electrons. The average molecular weight is 405 g/mol. The van der Waals surface area contributed by atoms with Crippen LogP contribution >= 0.6 is 0 Å². The standard InChI is InChI=1S/C22H23N5O3/c1-14-9-15(5-6-18(14)30-12-21-23-7-8-27(21)2)26-22-16-10-19(28-3)20(29-4)11-17(16)24-13-25-22/h5-11,13H,12H2,1-4H3,(H,24,25,26). The minimum atomic E-state index is 0.412. The Bertz CT molecular complexity index is 1190. The molecule has 0 unspecified atom stereocenters. The molecule has 0 aliphatic rings. The number of hydrogen-bond acceptors (Lipinski definition) is 7. The van der Waals surface area contributed by atoms with Gasteiger partial charge in [0.05, 0.1) is 19.7 Å². The summed E-state index contributed by atoms with van der Waals surface area (Å²) in [4.78, 5) is 13.0. The van der Waals surface area contributed by atoms with Gasteiger partial charge in [-0.25, -0.2) is 15.0 Å². The minimum Gasteiger partial charge on any atom is -0.493 e. The lowest BCUT2D eigenvalue weighted by Gasteiger charge is -2.14. The highest BCUT2D eigenvalue weighted by molar-refractivity contribution is 5.93. The van der Waals surface area contributed by atoms with Gasteiger partial charge in [-0.3, -0.25) is 0 Å². The topological polar surface area (TPSA) is 83.3 Å². The molecule has 0 saturated carbocycles. The Labute approximate surface area is 174 Å². The van der Waals surface area contributed by atoms with Gasteiger partial charge in [0, 0.05) is 36.6 Å². The molecule has 0 saturated heterocycles. The molecule has 0 amide bonds. The molecule has 8 nitrogen and oxygen atoms in total. The summed E-state index contributed by atoms with van der Waals surface area (Å²) in [5.74, 6) is 3.61. The molecule has 1 N–H and O–H groups in total. The van der Waals surface area contributed by atoms with E-state index < -0.39 is 0 Å². The molecule has 30 heavy (non-hydrogen) atoms. The average Bonchev–Trinajstić information content (AvgIpc) is 3.17. The van der Waals surface area contributed by atoms with E-state index >= 15 is 0 Å². The van der Waals surface area contributed by atoms with Crippen molar-refractivity contribution in [1.82, 2.24) is 19.5 Å². The Morgan fingerprint density at radius 2 is 1.77 bits per heavy atom. The van der Waals surface area contributed by atoms with Crippen LogP contribution in [-0.4, -0.2) is 33.7 Å². The summed E-state index contributed by atoms with van der Waals surface area (Å²) in [6, 6.07) is 9.61. The lowest BCUT2D eigenvalue weighted by molar-refractivity contribution is 0.290. The van der Waals surface area contributed by atoms with Crippen LogP contribution in [0.5, 0.6) is 17.2 Å². The van der Waals surface area contributed by atoms with Gasteiger partial charge in [-0.15, -0.1) is 0 Å². The predicted octanol–water partition coefficient (Wildman–Crippen LogP) is 4.01. The van der Waals surface area contributed by atoms with Gasteiger partial charge in [-0.05, 0) is 36.8 Å². The van der Waals surface area contributed by atoms with Crippen molar-refractivity contribution in [2.45, 2.75) is 13.5 Å². The number of methoxy groups -OCH3 is 2. The first-order valence-corrected chi connectivity index (χ1v) is 9.42. The Kier molecular flexibility index (Phi) is 5.38. The lowest BCUT2D eigenvalue weighted by Crippen LogP contribution is -2.04. The van der Waals surface area contributed by atoms with Gasteiger partial charge in [-0.2, -0.15) is 0 Å². The van der Waals surface area contributed by atoms with Crippen molar-refractivity contribution in [3.63, 3.8) is 0 Å². The fraction of sp³-hybridized carbons (Fsp3) is 0.227. The molecule has 0 atom stereocenters. The van der Waals surface area contributed by atoms with E-state index in [-0.39, 0.29) is 0 Å². The van der Waals surface area contributed by atoms with Crippen LogP contribution in [0.3, 0.4) is 0 Å². The molecule has 2 aromatic heterocycles.